The Morgan fingerprint density at radius 3 is 2.78 bits per heavy atom. The normalized spacial score (nSPS) is 25.1. The van der Waals surface area contributed by atoms with Crippen molar-refractivity contribution in [2.45, 2.75) is 54.7 Å². The van der Waals surface area contributed by atoms with Crippen molar-refractivity contribution in [3.05, 3.63) is 59.7 Å². The van der Waals surface area contributed by atoms with E-state index >= 15 is 0 Å². The molecule has 1 N–H and O–H groups in total. The van der Waals surface area contributed by atoms with Crippen LogP contribution in [0, 0.1) is 0 Å². The Bertz CT molecular complexity index is 1090. The van der Waals surface area contributed by atoms with Crippen LogP contribution < -0.4 is 10.2 Å². The second-order valence-electron chi connectivity index (χ2n) is 8.82. The van der Waals surface area contributed by atoms with Crippen molar-refractivity contribution in [2.75, 3.05) is 18.0 Å². The van der Waals surface area contributed by atoms with Crippen LogP contribution in [-0.2, 0) is 21.5 Å². The van der Waals surface area contributed by atoms with Crippen LogP contribution in [0.4, 0.5) is 10.5 Å². The lowest BCUT2D eigenvalue weighted by molar-refractivity contribution is -0.134. The minimum Gasteiger partial charge on any atom is -0.319 e. The molecule has 2 unspecified atom stereocenters. The largest absolute Gasteiger partial charge is 0.325 e. The number of anilines is 1. The van der Waals surface area contributed by atoms with Gasteiger partial charge in [0.2, 0.25) is 5.91 Å². The molecule has 7 heteroatoms. The van der Waals surface area contributed by atoms with E-state index in [-0.39, 0.29) is 18.4 Å². The molecule has 0 aromatic heterocycles. The Balaban J connectivity index is 1.43. The molecule has 6 nitrogen and oxygen atoms in total. The van der Waals surface area contributed by atoms with E-state index in [4.69, 9.17) is 0 Å². The van der Waals surface area contributed by atoms with Crippen molar-refractivity contribution >= 4 is 35.3 Å². The molecular formula is C25H27N3O3S. The van der Waals surface area contributed by atoms with Crippen molar-refractivity contribution in [2.24, 2.45) is 0 Å². The smallest absolute Gasteiger partial charge is 0.319 e. The number of carbonyl (C=O) groups excluding carboxylic acids is 3. The molecule has 0 saturated carbocycles. The molecule has 1 saturated heterocycles. The highest BCUT2D eigenvalue weighted by Crippen LogP contribution is 2.40. The van der Waals surface area contributed by atoms with Gasteiger partial charge in [0.15, 0.2) is 0 Å². The molecular weight excluding hydrogens is 422 g/mol. The van der Waals surface area contributed by atoms with Gasteiger partial charge in [-0.2, -0.15) is 0 Å². The van der Waals surface area contributed by atoms with Gasteiger partial charge in [-0.1, -0.05) is 43.3 Å². The van der Waals surface area contributed by atoms with Crippen LogP contribution in [0.15, 0.2) is 53.4 Å². The quantitative estimate of drug-likeness (QED) is 0.702. The average molecular weight is 450 g/mol. The molecule has 3 aliphatic rings. The molecule has 166 valence electrons. The third kappa shape index (κ3) is 3.48. The van der Waals surface area contributed by atoms with E-state index in [9.17, 15) is 14.4 Å². The van der Waals surface area contributed by atoms with E-state index in [1.165, 1.54) is 0 Å². The maximum atomic E-state index is 13.7. The molecule has 4 amide bonds. The number of fused-ring (bicyclic) bond motifs is 3. The van der Waals surface area contributed by atoms with Gasteiger partial charge in [0.05, 0.1) is 5.69 Å². The minimum absolute atomic E-state index is 0.227. The fourth-order valence-electron chi connectivity index (χ4n) is 5.08. The highest BCUT2D eigenvalue weighted by Gasteiger charge is 2.53. The topological polar surface area (TPSA) is 69.7 Å². The Kier molecular flexibility index (Phi) is 5.45. The van der Waals surface area contributed by atoms with E-state index in [1.54, 1.807) is 16.7 Å². The summed E-state index contributed by atoms with van der Waals surface area (Å²) in [5, 5.41) is 3.36. The summed E-state index contributed by atoms with van der Waals surface area (Å²) >= 11 is 1.76. The number of hydrogen-bond donors (Lipinski definition) is 1. The number of imide groups is 1. The van der Waals surface area contributed by atoms with Gasteiger partial charge in [0, 0.05) is 16.7 Å². The number of nitrogens with one attached hydrogen (secondary N) is 1. The first-order valence-corrected chi connectivity index (χ1v) is 12.2. The lowest BCUT2D eigenvalue weighted by atomic mass is 9.84. The number of nitrogens with zero attached hydrogens (tertiary/aromatic N) is 2. The van der Waals surface area contributed by atoms with E-state index in [1.807, 2.05) is 48.5 Å². The van der Waals surface area contributed by atoms with Gasteiger partial charge in [0.1, 0.15) is 12.1 Å². The summed E-state index contributed by atoms with van der Waals surface area (Å²) in [4.78, 5) is 43.9. The number of rotatable bonds is 2. The van der Waals surface area contributed by atoms with Crippen LogP contribution in [0.1, 0.15) is 43.7 Å². The van der Waals surface area contributed by atoms with Crippen molar-refractivity contribution in [3.63, 3.8) is 0 Å². The van der Waals surface area contributed by atoms with Crippen molar-refractivity contribution in [1.82, 2.24) is 10.2 Å². The predicted molar refractivity (Wildman–Crippen MR) is 125 cm³/mol. The molecule has 2 heterocycles. The summed E-state index contributed by atoms with van der Waals surface area (Å²) in [5.41, 5.74) is 1.76. The fourth-order valence-corrected chi connectivity index (χ4v) is 6.20. The van der Waals surface area contributed by atoms with E-state index in [0.717, 1.165) is 52.3 Å². The molecule has 5 rings (SSSR count). The zero-order valence-electron chi connectivity index (χ0n) is 18.2. The van der Waals surface area contributed by atoms with Gasteiger partial charge in [-0.3, -0.25) is 14.5 Å². The third-order valence-electron chi connectivity index (χ3n) is 6.74. The monoisotopic (exact) mass is 449 g/mol. The van der Waals surface area contributed by atoms with Gasteiger partial charge >= 0.3 is 6.03 Å². The molecule has 32 heavy (non-hydrogen) atoms. The van der Waals surface area contributed by atoms with Crippen LogP contribution >= 0.6 is 11.8 Å². The molecule has 2 atom stereocenters. The lowest BCUT2D eigenvalue weighted by Gasteiger charge is -2.28. The van der Waals surface area contributed by atoms with Crippen molar-refractivity contribution in [3.8, 4) is 0 Å². The summed E-state index contributed by atoms with van der Waals surface area (Å²) in [5.74, 6) is -0.536. The first kappa shape index (κ1) is 21.1. The Morgan fingerprint density at radius 2 is 1.91 bits per heavy atom. The van der Waals surface area contributed by atoms with Crippen LogP contribution in [0.3, 0.4) is 0 Å². The average Bonchev–Trinajstić information content (AvgIpc) is 2.95. The predicted octanol–water partition coefficient (Wildman–Crippen LogP) is 4.08. The number of urea groups is 1. The fraction of sp³-hybridized carbons (Fsp3) is 0.400. The summed E-state index contributed by atoms with van der Waals surface area (Å²) in [6.45, 7) is 2.48. The number of carbonyl (C=O) groups is 3. The highest BCUT2D eigenvalue weighted by molar-refractivity contribution is 8.00. The first-order chi connectivity index (χ1) is 15.5. The number of para-hydroxylation sites is 1. The van der Waals surface area contributed by atoms with Crippen molar-refractivity contribution in [1.29, 1.82) is 0 Å². The van der Waals surface area contributed by atoms with E-state index in [2.05, 4.69) is 12.2 Å². The van der Waals surface area contributed by atoms with Crippen LogP contribution in [0.2, 0.25) is 0 Å². The summed E-state index contributed by atoms with van der Waals surface area (Å²) in [7, 11) is 0. The number of aryl methyl sites for hydroxylation is 1. The second-order valence-corrected chi connectivity index (χ2v) is 10.3. The highest BCUT2D eigenvalue weighted by atomic mass is 32.2. The van der Waals surface area contributed by atoms with Crippen LogP contribution in [0.25, 0.3) is 0 Å². The number of amides is 4. The van der Waals surface area contributed by atoms with E-state index < -0.39 is 11.6 Å². The Hall–Kier alpha value is -2.80. The maximum absolute atomic E-state index is 13.7. The molecule has 0 bridgehead atoms. The molecule has 0 radical (unpaired) electrons. The minimum atomic E-state index is -1.06. The third-order valence-corrected chi connectivity index (χ3v) is 7.98. The zero-order chi connectivity index (χ0) is 22.3. The second kappa shape index (κ2) is 8.28. The summed E-state index contributed by atoms with van der Waals surface area (Å²) in [6, 6.07) is 15.2. The molecule has 1 fully saturated rings. The molecule has 1 aliphatic carbocycles. The van der Waals surface area contributed by atoms with Crippen molar-refractivity contribution < 1.29 is 14.4 Å². The van der Waals surface area contributed by atoms with Gasteiger partial charge < -0.3 is 10.2 Å². The van der Waals surface area contributed by atoms with Crippen LogP contribution in [-0.4, -0.2) is 41.1 Å². The standard InChI is InChI=1S/C25H27N3O3S/c1-17-13-15-27(20-11-4-5-12-21(20)32-17)22(29)16-28-23(30)25(26-24(28)31)14-7-6-9-18-8-2-3-10-19(18)25/h2-5,8,10-12,17H,6-7,9,13-16H2,1H3,(H,26,31). The molecule has 2 aromatic rings. The number of thioether (sulfide) groups is 1. The summed E-state index contributed by atoms with van der Waals surface area (Å²) in [6.07, 6.45) is 4.11. The first-order valence-electron chi connectivity index (χ1n) is 11.3. The van der Waals surface area contributed by atoms with Gasteiger partial charge in [-0.05, 0) is 55.4 Å². The van der Waals surface area contributed by atoms with Crippen LogP contribution in [0.5, 0.6) is 0 Å². The van der Waals surface area contributed by atoms with Gasteiger partial charge in [-0.15, -0.1) is 11.8 Å². The Labute approximate surface area is 192 Å². The Morgan fingerprint density at radius 1 is 1.12 bits per heavy atom. The zero-order valence-corrected chi connectivity index (χ0v) is 19.0. The molecule has 2 aliphatic heterocycles. The van der Waals surface area contributed by atoms with E-state index in [0.29, 0.717) is 18.2 Å². The molecule has 1 spiro atoms. The van der Waals surface area contributed by atoms with Gasteiger partial charge in [0.25, 0.3) is 5.91 Å². The number of benzene rings is 2. The van der Waals surface area contributed by atoms with Gasteiger partial charge in [-0.25, -0.2) is 4.79 Å². The SMILES string of the molecule is CC1CCN(C(=O)CN2C(=O)NC3(CCCCc4ccccc43)C2=O)c2ccccc2S1. The number of hydrogen-bond acceptors (Lipinski definition) is 4. The summed E-state index contributed by atoms with van der Waals surface area (Å²) < 4.78 is 0. The lowest BCUT2D eigenvalue weighted by Crippen LogP contribution is -2.46. The molecule has 2 aromatic carbocycles. The maximum Gasteiger partial charge on any atom is 0.325 e.